The van der Waals surface area contributed by atoms with E-state index in [0.717, 1.165) is 19.6 Å². The van der Waals surface area contributed by atoms with Gasteiger partial charge in [0.05, 0.1) is 11.9 Å². The predicted molar refractivity (Wildman–Crippen MR) is 130 cm³/mol. The van der Waals surface area contributed by atoms with E-state index in [1.165, 1.54) is 34.1 Å². The van der Waals surface area contributed by atoms with E-state index in [1.807, 2.05) is 0 Å². The van der Waals surface area contributed by atoms with Crippen molar-refractivity contribution in [1.82, 2.24) is 15.1 Å². The predicted octanol–water partition coefficient (Wildman–Crippen LogP) is 5.56. The number of piperidine rings is 1. The van der Waals surface area contributed by atoms with Crippen LogP contribution in [0, 0.1) is 5.41 Å². The fourth-order valence-electron chi connectivity index (χ4n) is 5.68. The van der Waals surface area contributed by atoms with E-state index in [1.54, 1.807) is 0 Å². The van der Waals surface area contributed by atoms with Gasteiger partial charge < -0.3 is 15.1 Å². The zero-order valence-corrected chi connectivity index (χ0v) is 18.9. The molecule has 3 atom stereocenters. The second-order valence-electron chi connectivity index (χ2n) is 9.63. The molecule has 1 N–H and O–H groups in total. The topological polar surface area (TPSA) is 18.5 Å². The first-order valence-corrected chi connectivity index (χ1v) is 11.5. The Morgan fingerprint density at radius 1 is 1.00 bits per heavy atom. The number of fused-ring (bicyclic) bond motifs is 2. The summed E-state index contributed by atoms with van der Waals surface area (Å²) in [6.45, 7) is 7.94. The molecule has 0 aromatic heterocycles. The first-order valence-electron chi connectivity index (χ1n) is 11.5. The van der Waals surface area contributed by atoms with E-state index < -0.39 is 0 Å². The highest BCUT2D eigenvalue weighted by Crippen LogP contribution is 2.43. The highest BCUT2D eigenvalue weighted by Gasteiger charge is 2.46. The molecule has 0 radical (unpaired) electrons. The van der Waals surface area contributed by atoms with Crippen molar-refractivity contribution in [1.29, 1.82) is 0 Å². The molecule has 0 aliphatic carbocycles. The molecular weight excluding hydrogens is 378 g/mol. The summed E-state index contributed by atoms with van der Waals surface area (Å²) in [5.41, 5.74) is 2.90. The monoisotopic (exact) mass is 411 g/mol. The van der Waals surface area contributed by atoms with Gasteiger partial charge in [0.1, 0.15) is 0 Å². The van der Waals surface area contributed by atoms with Crippen molar-refractivity contribution in [3.63, 3.8) is 0 Å². The minimum absolute atomic E-state index is 0.169. The zero-order valence-electron chi connectivity index (χ0n) is 18.9. The van der Waals surface area contributed by atoms with Crippen molar-refractivity contribution in [3.05, 3.63) is 95.8 Å². The van der Waals surface area contributed by atoms with Crippen LogP contribution in [0.3, 0.4) is 0 Å². The number of hydrogen-bond donors (Lipinski definition) is 1. The molecule has 31 heavy (non-hydrogen) atoms. The van der Waals surface area contributed by atoms with E-state index in [9.17, 15) is 0 Å². The summed E-state index contributed by atoms with van der Waals surface area (Å²) in [7, 11) is 2.25. The molecule has 2 heterocycles. The van der Waals surface area contributed by atoms with Gasteiger partial charge >= 0.3 is 0 Å². The standard InChI is InChI=1S/C28H33N3/c1-21(24-15-9-13-23-12-7-8-14-25(23)24)29-27-18-28(2)20-30(3)17-16-26(28)31(27)19-22-10-5-4-6-11-22/h4-15,18,21,26,29H,16-17,19-20H2,1-3H3/t21-,26?,28?/m1/s1. The fourth-order valence-corrected chi connectivity index (χ4v) is 5.68. The first kappa shape index (κ1) is 20.1. The van der Waals surface area contributed by atoms with Crippen LogP contribution in [0.15, 0.2) is 84.7 Å². The number of nitrogens with zero attached hydrogens (tertiary/aromatic N) is 2. The van der Waals surface area contributed by atoms with E-state index in [2.05, 4.69) is 115 Å². The maximum absolute atomic E-state index is 3.92. The SMILES string of the molecule is C[C@@H](NC1=CC2(C)CN(C)CCC2N1Cc1ccccc1)c1cccc2ccccc12. The van der Waals surface area contributed by atoms with Gasteiger partial charge in [-0.15, -0.1) is 0 Å². The van der Waals surface area contributed by atoms with Crippen LogP contribution in [-0.4, -0.2) is 36.0 Å². The number of nitrogens with one attached hydrogen (secondary N) is 1. The molecule has 0 amide bonds. The Kier molecular flexibility index (Phi) is 5.23. The van der Waals surface area contributed by atoms with Gasteiger partial charge in [-0.3, -0.25) is 0 Å². The summed E-state index contributed by atoms with van der Waals surface area (Å²) < 4.78 is 0. The molecule has 3 nitrogen and oxygen atoms in total. The molecule has 1 saturated heterocycles. The van der Waals surface area contributed by atoms with Crippen molar-refractivity contribution >= 4 is 10.8 Å². The van der Waals surface area contributed by atoms with Gasteiger partial charge in [-0.25, -0.2) is 0 Å². The average Bonchev–Trinajstić information content (AvgIpc) is 3.03. The number of benzene rings is 3. The average molecular weight is 412 g/mol. The quantitative estimate of drug-likeness (QED) is 0.593. The second kappa shape index (κ2) is 8.05. The minimum atomic E-state index is 0.169. The minimum Gasteiger partial charge on any atom is -0.365 e. The second-order valence-corrected chi connectivity index (χ2v) is 9.63. The smallest absolute Gasteiger partial charge is 0.0989 e. The van der Waals surface area contributed by atoms with Crippen LogP contribution in [0.1, 0.15) is 37.4 Å². The van der Waals surface area contributed by atoms with Crippen molar-refractivity contribution in [2.24, 2.45) is 5.41 Å². The lowest BCUT2D eigenvalue weighted by Gasteiger charge is -2.44. The highest BCUT2D eigenvalue weighted by atomic mass is 15.3. The third-order valence-corrected chi connectivity index (χ3v) is 7.16. The third-order valence-electron chi connectivity index (χ3n) is 7.16. The maximum Gasteiger partial charge on any atom is 0.0989 e. The highest BCUT2D eigenvalue weighted by molar-refractivity contribution is 5.86. The first-order chi connectivity index (χ1) is 15.0. The Morgan fingerprint density at radius 3 is 2.58 bits per heavy atom. The Morgan fingerprint density at radius 2 is 1.74 bits per heavy atom. The van der Waals surface area contributed by atoms with Crippen molar-refractivity contribution in [2.75, 3.05) is 20.1 Å². The maximum atomic E-state index is 3.92. The van der Waals surface area contributed by atoms with Crippen LogP contribution in [0.5, 0.6) is 0 Å². The molecule has 1 fully saturated rings. The van der Waals surface area contributed by atoms with Crippen molar-refractivity contribution < 1.29 is 0 Å². The van der Waals surface area contributed by atoms with Crippen LogP contribution < -0.4 is 5.32 Å². The van der Waals surface area contributed by atoms with E-state index in [-0.39, 0.29) is 11.5 Å². The zero-order chi connectivity index (χ0) is 21.4. The normalized spacial score (nSPS) is 24.7. The number of likely N-dealkylation sites (tertiary alicyclic amines) is 1. The fraction of sp³-hybridized carbons (Fsp3) is 0.357. The molecule has 3 heteroatoms. The van der Waals surface area contributed by atoms with Gasteiger partial charge in [-0.2, -0.15) is 0 Å². The Labute approximate surface area is 186 Å². The molecule has 3 aromatic rings. The number of hydrogen-bond acceptors (Lipinski definition) is 3. The molecule has 2 unspecified atom stereocenters. The summed E-state index contributed by atoms with van der Waals surface area (Å²) in [5.74, 6) is 1.28. The van der Waals surface area contributed by atoms with E-state index in [4.69, 9.17) is 0 Å². The van der Waals surface area contributed by atoms with Crippen molar-refractivity contribution in [2.45, 2.75) is 38.9 Å². The molecule has 0 spiro atoms. The Balaban J connectivity index is 1.47. The largest absolute Gasteiger partial charge is 0.365 e. The van der Waals surface area contributed by atoms with Gasteiger partial charge in [0.15, 0.2) is 0 Å². The number of rotatable bonds is 5. The summed E-state index contributed by atoms with van der Waals surface area (Å²) >= 11 is 0. The molecule has 2 aliphatic rings. The van der Waals surface area contributed by atoms with Crippen LogP contribution in [0.4, 0.5) is 0 Å². The van der Waals surface area contributed by atoms with Crippen molar-refractivity contribution in [3.8, 4) is 0 Å². The summed E-state index contributed by atoms with van der Waals surface area (Å²) in [6, 6.07) is 27.0. The van der Waals surface area contributed by atoms with Gasteiger partial charge in [0.2, 0.25) is 0 Å². The lowest BCUT2D eigenvalue weighted by atomic mass is 9.79. The van der Waals surface area contributed by atoms with Crippen LogP contribution in [-0.2, 0) is 6.54 Å². The Bertz CT molecular complexity index is 1080. The lowest BCUT2D eigenvalue weighted by molar-refractivity contribution is 0.0696. The van der Waals surface area contributed by atoms with Gasteiger partial charge in [0.25, 0.3) is 0 Å². The molecule has 2 aliphatic heterocycles. The van der Waals surface area contributed by atoms with Crippen LogP contribution >= 0.6 is 0 Å². The van der Waals surface area contributed by atoms with E-state index in [0.29, 0.717) is 6.04 Å². The molecule has 0 saturated carbocycles. The van der Waals surface area contributed by atoms with Gasteiger partial charge in [-0.05, 0) is 54.9 Å². The van der Waals surface area contributed by atoms with E-state index >= 15 is 0 Å². The molecule has 3 aromatic carbocycles. The summed E-state index contributed by atoms with van der Waals surface area (Å²) in [5, 5.41) is 6.56. The Hall–Kier alpha value is -2.78. The van der Waals surface area contributed by atoms with Crippen LogP contribution in [0.25, 0.3) is 10.8 Å². The summed E-state index contributed by atoms with van der Waals surface area (Å²) in [4.78, 5) is 5.11. The third kappa shape index (κ3) is 3.83. The van der Waals surface area contributed by atoms with Gasteiger partial charge in [-0.1, -0.05) is 79.7 Å². The molecule has 5 rings (SSSR count). The van der Waals surface area contributed by atoms with Gasteiger partial charge in [0, 0.05) is 24.5 Å². The summed E-state index contributed by atoms with van der Waals surface area (Å²) in [6.07, 6.45) is 3.71. The molecule has 0 bridgehead atoms. The molecular formula is C28H33N3. The lowest BCUT2D eigenvalue weighted by Crippen LogP contribution is -2.51. The molecule has 160 valence electrons. The van der Waals surface area contributed by atoms with Crippen LogP contribution in [0.2, 0.25) is 0 Å².